The third kappa shape index (κ3) is 5.23. The quantitative estimate of drug-likeness (QED) is 0.734. The molecule has 0 radical (unpaired) electrons. The highest BCUT2D eigenvalue weighted by Crippen LogP contribution is 2.28. The van der Waals surface area contributed by atoms with Crippen molar-refractivity contribution in [2.75, 3.05) is 19.8 Å². The van der Waals surface area contributed by atoms with E-state index in [-0.39, 0.29) is 12.0 Å². The number of carbonyl (C=O) groups excluding carboxylic acids is 1. The molecule has 2 fully saturated rings. The minimum absolute atomic E-state index is 0.00657. The van der Waals surface area contributed by atoms with E-state index in [2.05, 4.69) is 5.32 Å². The lowest BCUT2D eigenvalue weighted by Crippen LogP contribution is -2.24. The molecule has 1 aliphatic carbocycles. The predicted molar refractivity (Wildman–Crippen MR) is 94.4 cm³/mol. The van der Waals surface area contributed by atoms with Gasteiger partial charge in [0.15, 0.2) is 0 Å². The first-order valence-corrected chi connectivity index (χ1v) is 9.44. The molecular weight excluding hydrogens is 302 g/mol. The molecule has 1 aromatic carbocycles. The Hall–Kier alpha value is -1.55. The molecule has 0 spiro atoms. The summed E-state index contributed by atoms with van der Waals surface area (Å²) in [7, 11) is 0. The van der Waals surface area contributed by atoms with Crippen molar-refractivity contribution in [1.29, 1.82) is 0 Å². The van der Waals surface area contributed by atoms with Gasteiger partial charge < -0.3 is 14.8 Å². The number of hydrogen-bond acceptors (Lipinski definition) is 3. The fourth-order valence-electron chi connectivity index (χ4n) is 3.66. The van der Waals surface area contributed by atoms with Crippen LogP contribution in [0.25, 0.3) is 0 Å². The smallest absolute Gasteiger partial charge is 0.251 e. The Kier molecular flexibility index (Phi) is 6.53. The van der Waals surface area contributed by atoms with Crippen LogP contribution in [0.4, 0.5) is 0 Å². The van der Waals surface area contributed by atoms with Crippen molar-refractivity contribution in [3.63, 3.8) is 0 Å². The summed E-state index contributed by atoms with van der Waals surface area (Å²) < 4.78 is 11.3. The maximum Gasteiger partial charge on any atom is 0.251 e. The normalized spacial score (nSPS) is 21.1. The average Bonchev–Trinajstić information content (AvgIpc) is 3.31. The first-order chi connectivity index (χ1) is 11.8. The van der Waals surface area contributed by atoms with Gasteiger partial charge in [-0.3, -0.25) is 4.79 Å². The van der Waals surface area contributed by atoms with Crippen molar-refractivity contribution in [3.8, 4) is 5.75 Å². The maximum absolute atomic E-state index is 12.1. The molecule has 1 saturated heterocycles. The Morgan fingerprint density at radius 3 is 2.62 bits per heavy atom. The zero-order valence-corrected chi connectivity index (χ0v) is 14.5. The number of amides is 1. The molecule has 1 heterocycles. The molecule has 1 aromatic rings. The molecule has 2 aliphatic rings. The van der Waals surface area contributed by atoms with Gasteiger partial charge in [-0.1, -0.05) is 25.7 Å². The van der Waals surface area contributed by atoms with Gasteiger partial charge in [-0.15, -0.1) is 0 Å². The number of nitrogens with one attached hydrogen (secondary N) is 1. The van der Waals surface area contributed by atoms with Gasteiger partial charge in [0.1, 0.15) is 12.4 Å². The molecule has 0 bridgehead atoms. The van der Waals surface area contributed by atoms with Crippen LogP contribution in [0.15, 0.2) is 24.3 Å². The monoisotopic (exact) mass is 331 g/mol. The molecule has 1 aliphatic heterocycles. The van der Waals surface area contributed by atoms with E-state index in [1.807, 2.05) is 24.3 Å². The van der Waals surface area contributed by atoms with Crippen molar-refractivity contribution in [2.24, 2.45) is 5.92 Å². The summed E-state index contributed by atoms with van der Waals surface area (Å²) in [6, 6.07) is 7.39. The number of hydrogen-bond donors (Lipinski definition) is 1. The van der Waals surface area contributed by atoms with Gasteiger partial charge in [-0.2, -0.15) is 0 Å². The first-order valence-electron chi connectivity index (χ1n) is 9.44. The molecule has 1 amide bonds. The van der Waals surface area contributed by atoms with Crippen LogP contribution in [0, 0.1) is 5.92 Å². The van der Waals surface area contributed by atoms with Crippen molar-refractivity contribution in [1.82, 2.24) is 5.32 Å². The summed E-state index contributed by atoms with van der Waals surface area (Å²) in [6.07, 6.45) is 10.3. The standard InChI is InChI=1S/C20H29NO3/c22-20(21-13-3-7-16-5-1-2-6-16)17-9-11-18(12-10-17)24-15-19-8-4-14-23-19/h9-12,16,19H,1-8,13-15H2,(H,21,22). The van der Waals surface area contributed by atoms with Crippen LogP contribution in [0.2, 0.25) is 0 Å². The lowest BCUT2D eigenvalue weighted by atomic mass is 10.0. The molecular formula is C20H29NO3. The second-order valence-electron chi connectivity index (χ2n) is 7.02. The average molecular weight is 331 g/mol. The molecule has 0 aromatic heterocycles. The summed E-state index contributed by atoms with van der Waals surface area (Å²) in [5, 5.41) is 3.02. The van der Waals surface area contributed by atoms with E-state index >= 15 is 0 Å². The lowest BCUT2D eigenvalue weighted by Gasteiger charge is -2.12. The van der Waals surface area contributed by atoms with Crippen molar-refractivity contribution >= 4 is 5.91 Å². The maximum atomic E-state index is 12.1. The van der Waals surface area contributed by atoms with Gasteiger partial charge in [0.25, 0.3) is 5.91 Å². The molecule has 4 nitrogen and oxygen atoms in total. The molecule has 1 unspecified atom stereocenters. The molecule has 3 rings (SSSR count). The largest absolute Gasteiger partial charge is 0.491 e. The molecule has 24 heavy (non-hydrogen) atoms. The fourth-order valence-corrected chi connectivity index (χ4v) is 3.66. The van der Waals surface area contributed by atoms with Gasteiger partial charge in [-0.25, -0.2) is 0 Å². The Balaban J connectivity index is 1.35. The summed E-state index contributed by atoms with van der Waals surface area (Å²) in [5.74, 6) is 1.69. The minimum Gasteiger partial charge on any atom is -0.491 e. The highest BCUT2D eigenvalue weighted by Gasteiger charge is 2.16. The van der Waals surface area contributed by atoms with E-state index in [1.165, 1.54) is 32.1 Å². The Labute approximate surface area is 144 Å². The van der Waals surface area contributed by atoms with Gasteiger partial charge >= 0.3 is 0 Å². The highest BCUT2D eigenvalue weighted by atomic mass is 16.5. The number of ether oxygens (including phenoxy) is 2. The number of benzene rings is 1. The summed E-state index contributed by atoms with van der Waals surface area (Å²) in [6.45, 7) is 2.20. The number of carbonyl (C=O) groups is 1. The summed E-state index contributed by atoms with van der Waals surface area (Å²) >= 11 is 0. The van der Waals surface area contributed by atoms with E-state index in [9.17, 15) is 4.79 Å². The highest BCUT2D eigenvalue weighted by molar-refractivity contribution is 5.94. The molecule has 1 N–H and O–H groups in total. The van der Waals surface area contributed by atoms with Crippen LogP contribution in [0.1, 0.15) is 61.7 Å². The second kappa shape index (κ2) is 9.07. The van der Waals surface area contributed by atoms with E-state index in [1.54, 1.807) is 0 Å². The van der Waals surface area contributed by atoms with E-state index in [0.29, 0.717) is 12.2 Å². The van der Waals surface area contributed by atoms with Crippen LogP contribution in [0.3, 0.4) is 0 Å². The van der Waals surface area contributed by atoms with E-state index in [4.69, 9.17) is 9.47 Å². The van der Waals surface area contributed by atoms with Crippen molar-refractivity contribution < 1.29 is 14.3 Å². The van der Waals surface area contributed by atoms with Crippen molar-refractivity contribution in [2.45, 2.75) is 57.5 Å². The zero-order chi connectivity index (χ0) is 16.6. The Bertz CT molecular complexity index is 502. The van der Waals surface area contributed by atoms with Gasteiger partial charge in [-0.05, 0) is 55.9 Å². The SMILES string of the molecule is O=C(NCCCC1CCCC1)c1ccc(OCC2CCCO2)cc1. The number of rotatable bonds is 8. The lowest BCUT2D eigenvalue weighted by molar-refractivity contribution is 0.0679. The second-order valence-corrected chi connectivity index (χ2v) is 7.02. The minimum atomic E-state index is 0.00657. The fraction of sp³-hybridized carbons (Fsp3) is 0.650. The van der Waals surface area contributed by atoms with E-state index in [0.717, 1.165) is 44.1 Å². The van der Waals surface area contributed by atoms with Gasteiger partial charge in [0, 0.05) is 18.7 Å². The van der Waals surface area contributed by atoms with Crippen LogP contribution < -0.4 is 10.1 Å². The zero-order valence-electron chi connectivity index (χ0n) is 14.5. The van der Waals surface area contributed by atoms with Crippen LogP contribution >= 0.6 is 0 Å². The summed E-state index contributed by atoms with van der Waals surface area (Å²) in [4.78, 5) is 12.1. The van der Waals surface area contributed by atoms with Crippen molar-refractivity contribution in [3.05, 3.63) is 29.8 Å². The van der Waals surface area contributed by atoms with Gasteiger partial charge in [0.2, 0.25) is 0 Å². The van der Waals surface area contributed by atoms with E-state index < -0.39 is 0 Å². The molecule has 1 atom stereocenters. The molecule has 1 saturated carbocycles. The summed E-state index contributed by atoms with van der Waals surface area (Å²) in [5.41, 5.74) is 0.695. The molecule has 132 valence electrons. The Morgan fingerprint density at radius 2 is 1.92 bits per heavy atom. The first kappa shape index (κ1) is 17.3. The van der Waals surface area contributed by atoms with Gasteiger partial charge in [0.05, 0.1) is 6.10 Å². The third-order valence-electron chi connectivity index (χ3n) is 5.13. The van der Waals surface area contributed by atoms with Crippen LogP contribution in [-0.4, -0.2) is 31.8 Å². The van der Waals surface area contributed by atoms with Crippen LogP contribution in [-0.2, 0) is 4.74 Å². The molecule has 4 heteroatoms. The Morgan fingerprint density at radius 1 is 1.12 bits per heavy atom. The predicted octanol–water partition coefficient (Wildman–Crippen LogP) is 3.94. The third-order valence-corrected chi connectivity index (χ3v) is 5.13. The van der Waals surface area contributed by atoms with Crippen LogP contribution in [0.5, 0.6) is 5.75 Å². The topological polar surface area (TPSA) is 47.6 Å².